The number of hydrogen-bond acceptors (Lipinski definition) is 3. The summed E-state index contributed by atoms with van der Waals surface area (Å²) in [6.45, 7) is 0. The molecule has 1 aliphatic heterocycles. The number of rotatable bonds is 2. The molecule has 6 unspecified atom stereocenters. The maximum atomic E-state index is 11.9. The molecule has 4 heteroatoms. The Hall–Kier alpha value is -0.280. The summed E-state index contributed by atoms with van der Waals surface area (Å²) in [5, 5.41) is 12.1. The molecule has 0 radical (unpaired) electrons. The Labute approximate surface area is 151 Å². The fraction of sp³-hybridized carbons (Fsp3) is 0.950. The van der Waals surface area contributed by atoms with Crippen LogP contribution in [0.3, 0.4) is 0 Å². The number of amidine groups is 1. The number of aliphatic imine (C=N–C) groups is 1. The van der Waals surface area contributed by atoms with Crippen LogP contribution in [0.25, 0.3) is 0 Å². The molecule has 0 aromatic carbocycles. The van der Waals surface area contributed by atoms with Crippen LogP contribution < -0.4 is 5.73 Å². The number of nitrogens with two attached hydrogens (primary N) is 1. The van der Waals surface area contributed by atoms with Crippen molar-refractivity contribution in [2.45, 2.75) is 94.1 Å². The average molecular weight is 353 g/mol. The Bertz CT molecular complexity index is 490. The number of halogens is 1. The monoisotopic (exact) mass is 352 g/mol. The number of hydrogen-bond donors (Lipinski definition) is 2. The summed E-state index contributed by atoms with van der Waals surface area (Å²) >= 11 is 6.48. The summed E-state index contributed by atoms with van der Waals surface area (Å²) < 4.78 is 0. The van der Waals surface area contributed by atoms with Gasteiger partial charge in [-0.25, -0.2) is 0 Å². The van der Waals surface area contributed by atoms with Crippen LogP contribution in [-0.2, 0) is 0 Å². The molecule has 136 valence electrons. The Kier molecular flexibility index (Phi) is 4.85. The molecule has 1 heterocycles. The Morgan fingerprint density at radius 1 is 0.917 bits per heavy atom. The summed E-state index contributed by atoms with van der Waals surface area (Å²) in [7, 11) is 0. The summed E-state index contributed by atoms with van der Waals surface area (Å²) in [5.74, 6) is 2.41. The summed E-state index contributed by atoms with van der Waals surface area (Å²) in [6.07, 6.45) is 14.6. The SMILES string of the molecule is NC1=NC2CCC(Cl)CC2C1(O)C1CCCCC1C1CCCCC1. The zero-order chi connectivity index (χ0) is 16.7. The lowest BCUT2D eigenvalue weighted by Crippen LogP contribution is -2.58. The minimum absolute atomic E-state index is 0.156. The van der Waals surface area contributed by atoms with Crippen molar-refractivity contribution in [3.05, 3.63) is 0 Å². The van der Waals surface area contributed by atoms with Gasteiger partial charge in [0.05, 0.1) is 6.04 Å². The number of alkyl halides is 1. The molecular formula is C20H33ClN2O. The van der Waals surface area contributed by atoms with E-state index in [-0.39, 0.29) is 17.3 Å². The normalized spacial score (nSPS) is 47.2. The minimum Gasteiger partial charge on any atom is -0.385 e. The van der Waals surface area contributed by atoms with E-state index < -0.39 is 5.60 Å². The lowest BCUT2D eigenvalue weighted by molar-refractivity contribution is -0.0669. The van der Waals surface area contributed by atoms with E-state index in [1.165, 1.54) is 51.4 Å². The fourth-order valence-electron chi connectivity index (χ4n) is 6.50. The molecule has 0 amide bonds. The van der Waals surface area contributed by atoms with Gasteiger partial charge in [-0.2, -0.15) is 0 Å². The second kappa shape index (κ2) is 6.79. The van der Waals surface area contributed by atoms with Gasteiger partial charge >= 0.3 is 0 Å². The lowest BCUT2D eigenvalue weighted by Gasteiger charge is -2.49. The summed E-state index contributed by atoms with van der Waals surface area (Å²) in [6, 6.07) is 0.207. The van der Waals surface area contributed by atoms with Crippen LogP contribution in [0.1, 0.15) is 77.0 Å². The van der Waals surface area contributed by atoms with Crippen molar-refractivity contribution in [3.63, 3.8) is 0 Å². The third kappa shape index (κ3) is 2.80. The van der Waals surface area contributed by atoms with E-state index in [0.717, 1.165) is 31.6 Å². The Morgan fingerprint density at radius 2 is 1.62 bits per heavy atom. The highest BCUT2D eigenvalue weighted by Gasteiger charge is 2.58. The van der Waals surface area contributed by atoms with E-state index in [4.69, 9.17) is 22.3 Å². The maximum absolute atomic E-state index is 11.9. The lowest BCUT2D eigenvalue weighted by atomic mass is 9.58. The smallest absolute Gasteiger partial charge is 0.129 e. The van der Waals surface area contributed by atoms with Gasteiger partial charge in [0.25, 0.3) is 0 Å². The molecule has 3 aliphatic carbocycles. The van der Waals surface area contributed by atoms with Crippen LogP contribution in [0.4, 0.5) is 0 Å². The van der Waals surface area contributed by atoms with Gasteiger partial charge in [0.2, 0.25) is 0 Å². The second-order valence-electron chi connectivity index (χ2n) is 8.88. The highest BCUT2D eigenvalue weighted by molar-refractivity contribution is 6.20. The van der Waals surface area contributed by atoms with Gasteiger partial charge < -0.3 is 10.8 Å². The molecule has 0 aromatic heterocycles. The first-order valence-electron chi connectivity index (χ1n) is 10.3. The predicted molar refractivity (Wildman–Crippen MR) is 99.4 cm³/mol. The van der Waals surface area contributed by atoms with Crippen LogP contribution in [0.5, 0.6) is 0 Å². The molecule has 3 N–H and O–H groups in total. The number of aliphatic hydroxyl groups is 1. The third-order valence-electron chi connectivity index (χ3n) is 7.67. The van der Waals surface area contributed by atoms with E-state index in [0.29, 0.717) is 17.7 Å². The molecule has 3 fully saturated rings. The number of nitrogens with zero attached hydrogens (tertiary/aromatic N) is 1. The highest BCUT2D eigenvalue weighted by Crippen LogP contribution is 2.53. The number of fused-ring (bicyclic) bond motifs is 1. The maximum Gasteiger partial charge on any atom is 0.129 e. The first-order chi connectivity index (χ1) is 11.6. The van der Waals surface area contributed by atoms with E-state index in [1.807, 2.05) is 0 Å². The molecule has 4 aliphatic rings. The first-order valence-corrected chi connectivity index (χ1v) is 10.7. The van der Waals surface area contributed by atoms with E-state index in [2.05, 4.69) is 0 Å². The van der Waals surface area contributed by atoms with E-state index in [1.54, 1.807) is 0 Å². The first kappa shape index (κ1) is 17.1. The largest absolute Gasteiger partial charge is 0.385 e. The molecule has 0 saturated heterocycles. The molecule has 3 saturated carbocycles. The van der Waals surface area contributed by atoms with Gasteiger partial charge in [0.15, 0.2) is 0 Å². The standard InChI is InChI=1S/C20H33ClN2O/c21-14-10-11-18-17(12-14)20(24,19(22)23-18)16-9-5-4-8-15(16)13-6-2-1-3-7-13/h13-18,24H,1-12H2,(H2,22,23). The van der Waals surface area contributed by atoms with Gasteiger partial charge in [-0.05, 0) is 49.9 Å². The second-order valence-corrected chi connectivity index (χ2v) is 9.49. The van der Waals surface area contributed by atoms with Gasteiger partial charge in [0.1, 0.15) is 11.4 Å². The van der Waals surface area contributed by atoms with Gasteiger partial charge in [-0.15, -0.1) is 11.6 Å². The molecule has 4 rings (SSSR count). The Morgan fingerprint density at radius 3 is 2.42 bits per heavy atom. The zero-order valence-corrected chi connectivity index (χ0v) is 15.6. The van der Waals surface area contributed by atoms with Crippen LogP contribution >= 0.6 is 11.6 Å². The molecule has 0 spiro atoms. The fourth-order valence-corrected chi connectivity index (χ4v) is 6.82. The van der Waals surface area contributed by atoms with Crippen LogP contribution in [-0.4, -0.2) is 28.0 Å². The molecule has 3 nitrogen and oxygen atoms in total. The Balaban J connectivity index is 1.62. The third-order valence-corrected chi connectivity index (χ3v) is 8.07. The zero-order valence-electron chi connectivity index (χ0n) is 14.8. The van der Waals surface area contributed by atoms with Crippen LogP contribution in [0, 0.1) is 23.7 Å². The van der Waals surface area contributed by atoms with Crippen LogP contribution in [0.2, 0.25) is 0 Å². The van der Waals surface area contributed by atoms with E-state index >= 15 is 0 Å². The van der Waals surface area contributed by atoms with Crippen molar-refractivity contribution < 1.29 is 5.11 Å². The average Bonchev–Trinajstić information content (AvgIpc) is 2.87. The summed E-state index contributed by atoms with van der Waals surface area (Å²) in [4.78, 5) is 4.74. The van der Waals surface area contributed by atoms with Crippen molar-refractivity contribution in [1.29, 1.82) is 0 Å². The highest BCUT2D eigenvalue weighted by atomic mass is 35.5. The van der Waals surface area contributed by atoms with Crippen molar-refractivity contribution in [1.82, 2.24) is 0 Å². The van der Waals surface area contributed by atoms with Gasteiger partial charge in [-0.1, -0.05) is 44.9 Å². The van der Waals surface area contributed by atoms with Crippen molar-refractivity contribution >= 4 is 17.4 Å². The summed E-state index contributed by atoms with van der Waals surface area (Å²) in [5.41, 5.74) is 5.51. The molecule has 6 atom stereocenters. The van der Waals surface area contributed by atoms with E-state index in [9.17, 15) is 5.11 Å². The molecular weight excluding hydrogens is 320 g/mol. The van der Waals surface area contributed by atoms with Crippen LogP contribution in [0.15, 0.2) is 4.99 Å². The molecule has 24 heavy (non-hydrogen) atoms. The van der Waals surface area contributed by atoms with Crippen molar-refractivity contribution in [2.75, 3.05) is 0 Å². The topological polar surface area (TPSA) is 58.6 Å². The molecule has 0 aromatic rings. The van der Waals surface area contributed by atoms with Gasteiger partial charge in [-0.3, -0.25) is 4.99 Å². The molecule has 0 bridgehead atoms. The van der Waals surface area contributed by atoms with Crippen molar-refractivity contribution in [2.24, 2.45) is 34.4 Å². The predicted octanol–water partition coefficient (Wildman–Crippen LogP) is 4.25. The quantitative estimate of drug-likeness (QED) is 0.730. The van der Waals surface area contributed by atoms with Gasteiger partial charge in [0, 0.05) is 11.3 Å². The minimum atomic E-state index is -0.888. The van der Waals surface area contributed by atoms with Crippen molar-refractivity contribution in [3.8, 4) is 0 Å².